The van der Waals surface area contributed by atoms with E-state index in [0.717, 1.165) is 45.6 Å². The molecule has 0 radical (unpaired) electrons. The molecular weight excluding hydrogens is 228 g/mol. The third-order valence-electron chi connectivity index (χ3n) is 3.46. The lowest BCUT2D eigenvalue weighted by molar-refractivity contribution is 0.238. The molecule has 1 aromatic carbocycles. The van der Waals surface area contributed by atoms with Crippen molar-refractivity contribution in [2.75, 3.05) is 32.7 Å². The van der Waals surface area contributed by atoms with Crippen LogP contribution in [0, 0.1) is 0 Å². The van der Waals surface area contributed by atoms with Crippen molar-refractivity contribution in [3.05, 3.63) is 29.3 Å². The van der Waals surface area contributed by atoms with E-state index in [1.165, 1.54) is 5.56 Å². The van der Waals surface area contributed by atoms with E-state index in [-0.39, 0.29) is 12.4 Å². The molecule has 0 saturated carbocycles. The Hall–Kier alpha value is -1.10. The van der Waals surface area contributed by atoms with Crippen molar-refractivity contribution in [3.63, 3.8) is 0 Å². The van der Waals surface area contributed by atoms with E-state index in [1.807, 2.05) is 12.1 Å². The van der Waals surface area contributed by atoms with E-state index in [2.05, 4.69) is 10.2 Å². The number of aliphatic hydroxyl groups is 1. The van der Waals surface area contributed by atoms with Gasteiger partial charge < -0.3 is 20.4 Å². The number of piperazine rings is 1. The smallest absolute Gasteiger partial charge is 0.121 e. The summed E-state index contributed by atoms with van der Waals surface area (Å²) in [4.78, 5) is 2.48. The maximum absolute atomic E-state index is 9.49. The Morgan fingerprint density at radius 1 is 1.22 bits per heavy atom. The van der Waals surface area contributed by atoms with Crippen LogP contribution in [0.2, 0.25) is 0 Å². The highest BCUT2D eigenvalue weighted by molar-refractivity contribution is 5.35. The Kier molecular flexibility index (Phi) is 4.99. The van der Waals surface area contributed by atoms with Gasteiger partial charge in [0, 0.05) is 31.7 Å². The van der Waals surface area contributed by atoms with E-state index < -0.39 is 0 Å². The van der Waals surface area contributed by atoms with Crippen LogP contribution in [0.5, 0.6) is 5.75 Å². The van der Waals surface area contributed by atoms with E-state index in [0.29, 0.717) is 5.56 Å². The summed E-state index contributed by atoms with van der Waals surface area (Å²) in [6, 6.07) is 5.51. The van der Waals surface area contributed by atoms with Gasteiger partial charge in [-0.2, -0.15) is 0 Å². The fraction of sp³-hybridized carbons (Fsp3) is 0.571. The number of hydrogen-bond acceptors (Lipinski definition) is 4. The molecule has 0 aromatic heterocycles. The standard InChI is InChI=1S/C14H22N2O2/c17-11-13-10-12(3-4-14(13)18)2-1-7-16-8-5-15-6-9-16/h3-4,10,15,17-18H,1-2,5-9,11H2. The summed E-state index contributed by atoms with van der Waals surface area (Å²) in [6.07, 6.45) is 2.12. The van der Waals surface area contributed by atoms with Gasteiger partial charge in [-0.1, -0.05) is 6.07 Å². The molecule has 4 heteroatoms. The van der Waals surface area contributed by atoms with E-state index in [4.69, 9.17) is 5.11 Å². The number of aromatic hydroxyl groups is 1. The molecule has 1 aliphatic heterocycles. The van der Waals surface area contributed by atoms with Crippen molar-refractivity contribution >= 4 is 0 Å². The average molecular weight is 250 g/mol. The molecule has 0 aliphatic carbocycles. The minimum Gasteiger partial charge on any atom is -0.508 e. The Balaban J connectivity index is 1.79. The number of nitrogens with one attached hydrogen (secondary N) is 1. The fourth-order valence-electron chi connectivity index (χ4n) is 2.36. The largest absolute Gasteiger partial charge is 0.508 e. The van der Waals surface area contributed by atoms with Gasteiger partial charge in [-0.15, -0.1) is 0 Å². The molecular formula is C14H22N2O2. The summed E-state index contributed by atoms with van der Waals surface area (Å²) in [7, 11) is 0. The number of aryl methyl sites for hydroxylation is 1. The molecule has 100 valence electrons. The molecule has 4 nitrogen and oxygen atoms in total. The molecule has 3 N–H and O–H groups in total. The molecule has 1 fully saturated rings. The molecule has 1 saturated heterocycles. The number of hydrogen-bond donors (Lipinski definition) is 3. The van der Waals surface area contributed by atoms with Gasteiger partial charge >= 0.3 is 0 Å². The van der Waals surface area contributed by atoms with E-state index in [1.54, 1.807) is 6.07 Å². The molecule has 0 amide bonds. The van der Waals surface area contributed by atoms with Crippen LogP contribution in [-0.2, 0) is 13.0 Å². The summed E-state index contributed by atoms with van der Waals surface area (Å²) in [5.74, 6) is 0.184. The Morgan fingerprint density at radius 3 is 2.72 bits per heavy atom. The summed E-state index contributed by atoms with van der Waals surface area (Å²) in [6.45, 7) is 5.48. The molecule has 1 aliphatic rings. The van der Waals surface area contributed by atoms with Gasteiger partial charge in [0.1, 0.15) is 5.75 Å². The highest BCUT2D eigenvalue weighted by atomic mass is 16.3. The summed E-state index contributed by atoms with van der Waals surface area (Å²) < 4.78 is 0. The van der Waals surface area contributed by atoms with Crippen LogP contribution in [0.15, 0.2) is 18.2 Å². The predicted molar refractivity (Wildman–Crippen MR) is 71.7 cm³/mol. The monoisotopic (exact) mass is 250 g/mol. The number of benzene rings is 1. The Morgan fingerprint density at radius 2 is 2.00 bits per heavy atom. The first kappa shape index (κ1) is 13.3. The first-order valence-corrected chi connectivity index (χ1v) is 6.64. The lowest BCUT2D eigenvalue weighted by Gasteiger charge is -2.27. The normalized spacial score (nSPS) is 16.9. The SMILES string of the molecule is OCc1cc(CCCN2CCNCC2)ccc1O. The van der Waals surface area contributed by atoms with Crippen molar-refractivity contribution in [2.45, 2.75) is 19.4 Å². The topological polar surface area (TPSA) is 55.7 Å². The molecule has 0 spiro atoms. The van der Waals surface area contributed by atoms with Crippen molar-refractivity contribution in [2.24, 2.45) is 0 Å². The van der Waals surface area contributed by atoms with Crippen molar-refractivity contribution in [3.8, 4) is 5.75 Å². The highest BCUT2D eigenvalue weighted by Gasteiger charge is 2.08. The number of aliphatic hydroxyl groups excluding tert-OH is 1. The quantitative estimate of drug-likeness (QED) is 0.721. The van der Waals surface area contributed by atoms with Crippen LogP contribution in [0.1, 0.15) is 17.5 Å². The molecule has 0 bridgehead atoms. The van der Waals surface area contributed by atoms with E-state index >= 15 is 0 Å². The number of nitrogens with zero attached hydrogens (tertiary/aromatic N) is 1. The van der Waals surface area contributed by atoms with Crippen LogP contribution in [-0.4, -0.2) is 47.8 Å². The third kappa shape index (κ3) is 3.70. The minimum atomic E-state index is -0.0997. The van der Waals surface area contributed by atoms with Crippen LogP contribution < -0.4 is 5.32 Å². The van der Waals surface area contributed by atoms with Crippen molar-refractivity contribution in [1.82, 2.24) is 10.2 Å². The predicted octanol–water partition coefficient (Wildman–Crippen LogP) is 0.722. The Bertz CT molecular complexity index is 376. The summed E-state index contributed by atoms with van der Waals surface area (Å²) in [5.41, 5.74) is 1.81. The van der Waals surface area contributed by atoms with Gasteiger partial charge in [0.25, 0.3) is 0 Å². The zero-order chi connectivity index (χ0) is 12.8. The maximum Gasteiger partial charge on any atom is 0.121 e. The van der Waals surface area contributed by atoms with E-state index in [9.17, 15) is 5.11 Å². The maximum atomic E-state index is 9.49. The van der Waals surface area contributed by atoms with Crippen molar-refractivity contribution in [1.29, 1.82) is 0 Å². The second kappa shape index (κ2) is 6.73. The molecule has 0 atom stereocenters. The molecule has 1 heterocycles. The zero-order valence-corrected chi connectivity index (χ0v) is 10.7. The number of phenols is 1. The first-order chi connectivity index (χ1) is 8.79. The molecule has 0 unspecified atom stereocenters. The second-order valence-corrected chi connectivity index (χ2v) is 4.82. The van der Waals surface area contributed by atoms with Crippen LogP contribution in [0.25, 0.3) is 0 Å². The summed E-state index contributed by atoms with van der Waals surface area (Å²) >= 11 is 0. The minimum absolute atomic E-state index is 0.0997. The van der Waals surface area contributed by atoms with Gasteiger partial charge in [-0.05, 0) is 37.1 Å². The lowest BCUT2D eigenvalue weighted by atomic mass is 10.1. The average Bonchev–Trinajstić information content (AvgIpc) is 2.42. The molecule has 2 rings (SSSR count). The second-order valence-electron chi connectivity index (χ2n) is 4.82. The van der Waals surface area contributed by atoms with Gasteiger partial charge in [-0.25, -0.2) is 0 Å². The van der Waals surface area contributed by atoms with Gasteiger partial charge in [0.05, 0.1) is 6.61 Å². The molecule has 1 aromatic rings. The fourth-order valence-corrected chi connectivity index (χ4v) is 2.36. The van der Waals surface area contributed by atoms with Crippen molar-refractivity contribution < 1.29 is 10.2 Å². The van der Waals surface area contributed by atoms with Gasteiger partial charge in [0.2, 0.25) is 0 Å². The number of rotatable bonds is 5. The van der Waals surface area contributed by atoms with Crippen LogP contribution in [0.3, 0.4) is 0 Å². The van der Waals surface area contributed by atoms with Crippen LogP contribution in [0.4, 0.5) is 0 Å². The summed E-state index contributed by atoms with van der Waals surface area (Å²) in [5, 5.41) is 21.9. The third-order valence-corrected chi connectivity index (χ3v) is 3.46. The zero-order valence-electron chi connectivity index (χ0n) is 10.7. The lowest BCUT2D eigenvalue weighted by Crippen LogP contribution is -2.43. The molecule has 18 heavy (non-hydrogen) atoms. The first-order valence-electron chi connectivity index (χ1n) is 6.64. The van der Waals surface area contributed by atoms with Crippen LogP contribution >= 0.6 is 0 Å². The highest BCUT2D eigenvalue weighted by Crippen LogP contribution is 2.19. The Labute approximate surface area is 108 Å². The van der Waals surface area contributed by atoms with Gasteiger partial charge in [-0.3, -0.25) is 0 Å². The van der Waals surface area contributed by atoms with Gasteiger partial charge in [0.15, 0.2) is 0 Å².